The molecule has 0 amide bonds. The van der Waals surface area contributed by atoms with Crippen LogP contribution in [0.25, 0.3) is 10.8 Å². The zero-order valence-corrected chi connectivity index (χ0v) is 20.2. The molecule has 15 nitrogen and oxygen atoms in total. The van der Waals surface area contributed by atoms with Crippen molar-refractivity contribution in [3.8, 4) is 11.5 Å². The van der Waals surface area contributed by atoms with Crippen molar-refractivity contribution < 1.29 is 58.0 Å². The Morgan fingerprint density at radius 3 is 2.03 bits per heavy atom. The number of fused-ring (bicyclic) bond motifs is 1. The number of aromatic hydroxyl groups is 2. The Morgan fingerprint density at radius 1 is 0.886 bits per heavy atom. The molecular formula is C17H13AsN2O13S2. The topological polar surface area (TPSA) is 269 Å². The fourth-order valence-electron chi connectivity index (χ4n) is 2.97. The summed E-state index contributed by atoms with van der Waals surface area (Å²) in [4.78, 5) is 9.16. The molecule has 3 rings (SSSR count). The van der Waals surface area contributed by atoms with E-state index in [0.29, 0.717) is 24.3 Å². The van der Waals surface area contributed by atoms with Gasteiger partial charge in [-0.1, -0.05) is 0 Å². The third kappa shape index (κ3) is 5.35. The number of carboxylic acid groups (broad SMARTS) is 1. The minimum atomic E-state index is -5.73. The number of phenols is 2. The van der Waals surface area contributed by atoms with Crippen LogP contribution < -0.4 is 4.35 Å². The second kappa shape index (κ2) is 8.72. The van der Waals surface area contributed by atoms with Gasteiger partial charge in [-0.15, -0.1) is 0 Å². The molecule has 0 aromatic heterocycles. The summed E-state index contributed by atoms with van der Waals surface area (Å²) < 4.78 is 95.5. The molecule has 35 heavy (non-hydrogen) atoms. The van der Waals surface area contributed by atoms with Gasteiger partial charge in [-0.2, -0.15) is 0 Å². The van der Waals surface area contributed by atoms with Gasteiger partial charge in [-0.25, -0.2) is 0 Å². The van der Waals surface area contributed by atoms with Crippen molar-refractivity contribution in [2.75, 3.05) is 0 Å². The molecule has 3 aromatic rings. The molecule has 0 aliphatic heterocycles. The number of aromatic carboxylic acids is 1. The van der Waals surface area contributed by atoms with E-state index in [0.717, 1.165) is 12.1 Å². The molecule has 0 spiro atoms. The Kier molecular flexibility index (Phi) is 6.55. The van der Waals surface area contributed by atoms with E-state index < -0.39 is 93.7 Å². The molecule has 0 saturated heterocycles. The van der Waals surface area contributed by atoms with Crippen LogP contribution in [0, 0.1) is 0 Å². The molecule has 3 aromatic carbocycles. The summed E-state index contributed by atoms with van der Waals surface area (Å²) >= 11 is -5.73. The van der Waals surface area contributed by atoms with Crippen LogP contribution in [0.1, 0.15) is 10.4 Å². The first-order valence-electron chi connectivity index (χ1n) is 8.74. The first-order chi connectivity index (χ1) is 15.9. The van der Waals surface area contributed by atoms with Crippen molar-refractivity contribution >= 4 is 66.9 Å². The van der Waals surface area contributed by atoms with Gasteiger partial charge in [0.15, 0.2) is 0 Å². The van der Waals surface area contributed by atoms with Crippen molar-refractivity contribution in [3.05, 3.63) is 42.0 Å². The number of hydrogen-bond donors (Lipinski definition) is 7. The van der Waals surface area contributed by atoms with Gasteiger partial charge in [0.2, 0.25) is 0 Å². The van der Waals surface area contributed by atoms with E-state index in [2.05, 4.69) is 10.2 Å². The second-order valence-electron chi connectivity index (χ2n) is 6.82. The molecule has 0 unspecified atom stereocenters. The maximum atomic E-state index is 11.9. The standard InChI is InChI=1S/C17H13AsN2O13S2/c21-12-6-9(34(28,29)30)3-8-5-13(35(31,32)33)15(16(22)14(8)12)20-19-11-4-7(17(23)24)1-2-10(11)18(25,26)27/h1-6,21-22H,(H,23,24)(H2,25,26,27)(H,28,29,30)(H,31,32,33). The summed E-state index contributed by atoms with van der Waals surface area (Å²) in [6, 6.07) is 4.13. The summed E-state index contributed by atoms with van der Waals surface area (Å²) in [6.45, 7) is 0. The van der Waals surface area contributed by atoms with Crippen LogP contribution in [-0.4, -0.2) is 69.6 Å². The van der Waals surface area contributed by atoms with Gasteiger partial charge in [-0.3, -0.25) is 0 Å². The molecule has 0 radical (unpaired) electrons. The van der Waals surface area contributed by atoms with E-state index in [4.69, 9.17) is 5.11 Å². The van der Waals surface area contributed by atoms with E-state index in [1.54, 1.807) is 0 Å². The molecule has 0 bridgehead atoms. The molecule has 0 saturated carbocycles. The van der Waals surface area contributed by atoms with Gasteiger partial charge >= 0.3 is 198 Å². The minimum absolute atomic E-state index is 0.472. The van der Waals surface area contributed by atoms with Gasteiger partial charge in [-0.05, 0) is 0 Å². The summed E-state index contributed by atoms with van der Waals surface area (Å²) in [7, 11) is -10.1. The van der Waals surface area contributed by atoms with Crippen LogP contribution >= 0.6 is 0 Å². The zero-order valence-electron chi connectivity index (χ0n) is 16.7. The van der Waals surface area contributed by atoms with Crippen LogP contribution in [0.15, 0.2) is 56.4 Å². The van der Waals surface area contributed by atoms with Crippen LogP contribution in [0.5, 0.6) is 11.5 Å². The van der Waals surface area contributed by atoms with E-state index in [1.165, 1.54) is 0 Å². The Balaban J connectivity index is 2.38. The van der Waals surface area contributed by atoms with Crippen LogP contribution in [0.2, 0.25) is 0 Å². The number of benzene rings is 3. The predicted molar refractivity (Wildman–Crippen MR) is 115 cm³/mol. The van der Waals surface area contributed by atoms with Crippen LogP contribution in [0.3, 0.4) is 0 Å². The number of rotatable bonds is 6. The molecule has 7 N–H and O–H groups in total. The normalized spacial score (nSPS) is 12.9. The van der Waals surface area contributed by atoms with Crippen molar-refractivity contribution in [3.63, 3.8) is 0 Å². The van der Waals surface area contributed by atoms with Crippen molar-refractivity contribution in [2.45, 2.75) is 9.79 Å². The molecule has 18 heteroatoms. The Hall–Kier alpha value is -3.31. The zero-order chi connectivity index (χ0) is 26.5. The molecule has 0 aliphatic carbocycles. The summed E-state index contributed by atoms with van der Waals surface area (Å²) in [5, 5.41) is 35.6. The quantitative estimate of drug-likeness (QED) is 0.116. The first-order valence-corrected chi connectivity index (χ1v) is 15.0. The summed E-state index contributed by atoms with van der Waals surface area (Å²) in [5.41, 5.74) is -2.22. The van der Waals surface area contributed by atoms with E-state index in [-0.39, 0.29) is 0 Å². The van der Waals surface area contributed by atoms with Gasteiger partial charge in [0, 0.05) is 0 Å². The number of hydrogen-bond acceptors (Lipinski definition) is 10. The van der Waals surface area contributed by atoms with Gasteiger partial charge in [0.1, 0.15) is 0 Å². The molecule has 0 aliphatic rings. The predicted octanol–water partition coefficient (Wildman–Crippen LogP) is 0.419. The number of phenolic OH excluding ortho intramolecular Hbond substituents is 2. The third-order valence-corrected chi connectivity index (χ3v) is 8.28. The van der Waals surface area contributed by atoms with E-state index in [9.17, 15) is 52.9 Å². The summed E-state index contributed by atoms with van der Waals surface area (Å²) in [5.74, 6) is -3.62. The Morgan fingerprint density at radius 2 is 1.51 bits per heavy atom. The van der Waals surface area contributed by atoms with Crippen LogP contribution in [-0.2, 0) is 24.0 Å². The van der Waals surface area contributed by atoms with Crippen LogP contribution in [0.4, 0.5) is 11.4 Å². The molecule has 0 fully saturated rings. The molecule has 186 valence electrons. The monoisotopic (exact) mass is 592 g/mol. The molecule has 0 heterocycles. The fraction of sp³-hybridized carbons (Fsp3) is 0. The molecular weight excluding hydrogens is 579 g/mol. The first kappa shape index (κ1) is 26.3. The van der Waals surface area contributed by atoms with Crippen molar-refractivity contribution in [2.24, 2.45) is 10.2 Å². The van der Waals surface area contributed by atoms with E-state index >= 15 is 0 Å². The fourth-order valence-corrected chi connectivity index (χ4v) is 5.58. The molecule has 0 atom stereocenters. The number of carbonyl (C=O) groups is 1. The van der Waals surface area contributed by atoms with Gasteiger partial charge in [0.05, 0.1) is 0 Å². The number of azo groups is 1. The maximum absolute atomic E-state index is 11.9. The van der Waals surface area contributed by atoms with Crippen molar-refractivity contribution in [1.82, 2.24) is 0 Å². The average molecular weight is 592 g/mol. The van der Waals surface area contributed by atoms with E-state index in [1.807, 2.05) is 0 Å². The van der Waals surface area contributed by atoms with Crippen molar-refractivity contribution in [1.29, 1.82) is 0 Å². The third-order valence-electron chi connectivity index (χ3n) is 4.47. The number of carboxylic acids is 1. The average Bonchev–Trinajstić information content (AvgIpc) is 2.70. The second-order valence-corrected chi connectivity index (χ2v) is 12.9. The Bertz CT molecular complexity index is 1690. The number of nitrogens with zero attached hydrogens (tertiary/aromatic N) is 2. The van der Waals surface area contributed by atoms with Gasteiger partial charge in [0.25, 0.3) is 0 Å². The Labute approximate surface area is 198 Å². The summed E-state index contributed by atoms with van der Waals surface area (Å²) in [6.07, 6.45) is 0. The van der Waals surface area contributed by atoms with Gasteiger partial charge < -0.3 is 0 Å². The SMILES string of the molecule is O=C(O)c1ccc([As](=O)(O)O)c(N=Nc2c(S(=O)(=O)O)cc3cc(S(=O)(=O)O)cc(O)c3c2O)c1.